The second-order valence-electron chi connectivity index (χ2n) is 3.69. The topological polar surface area (TPSA) is 52.3 Å². The van der Waals surface area contributed by atoms with Crippen molar-refractivity contribution >= 4 is 33.5 Å². The van der Waals surface area contributed by atoms with Gasteiger partial charge in [0.1, 0.15) is 11.3 Å². The number of esters is 1. The van der Waals surface area contributed by atoms with Crippen LogP contribution in [0.1, 0.15) is 23.0 Å². The second-order valence-corrected chi connectivity index (χ2v) is 4.69. The molecule has 0 N–H and O–H groups in total. The molecule has 6 heteroatoms. The molecule has 19 heavy (non-hydrogen) atoms. The maximum absolute atomic E-state index is 12.0. The van der Waals surface area contributed by atoms with E-state index < -0.39 is 5.97 Å². The fourth-order valence-electron chi connectivity index (χ4n) is 1.63. The molecule has 0 unspecified atom stereocenters. The van der Waals surface area contributed by atoms with Crippen molar-refractivity contribution in [1.29, 1.82) is 0 Å². The molecule has 1 heterocycles. The average molecular weight is 345 g/mol. The van der Waals surface area contributed by atoms with Crippen molar-refractivity contribution in [2.24, 2.45) is 0 Å². The van der Waals surface area contributed by atoms with Crippen LogP contribution in [0.4, 0.5) is 0 Å². The first kappa shape index (κ1) is 14.1. The van der Waals surface area contributed by atoms with Crippen molar-refractivity contribution < 1.29 is 14.1 Å². The van der Waals surface area contributed by atoms with E-state index in [0.29, 0.717) is 34.0 Å². The second kappa shape index (κ2) is 6.21. The molecule has 0 radical (unpaired) electrons. The lowest BCUT2D eigenvalue weighted by molar-refractivity contribution is 0.0525. The maximum atomic E-state index is 12.0. The Kier molecular flexibility index (Phi) is 4.61. The van der Waals surface area contributed by atoms with Crippen molar-refractivity contribution in [2.45, 2.75) is 12.3 Å². The van der Waals surface area contributed by atoms with Crippen LogP contribution in [0.25, 0.3) is 11.3 Å². The summed E-state index contributed by atoms with van der Waals surface area (Å²) in [6, 6.07) is 7.02. The number of nitrogens with zero attached hydrogens (tertiary/aromatic N) is 1. The average Bonchev–Trinajstić information content (AvgIpc) is 2.83. The standard InChI is InChI=1S/C13H11BrClNO3/c1-2-18-13(17)11-10(7-14)19-16-12(11)8-3-5-9(15)6-4-8/h3-6H,2,7H2,1H3. The van der Waals surface area contributed by atoms with Crippen LogP contribution < -0.4 is 0 Å². The molecule has 100 valence electrons. The highest BCUT2D eigenvalue weighted by atomic mass is 79.9. The summed E-state index contributed by atoms with van der Waals surface area (Å²) < 4.78 is 10.2. The van der Waals surface area contributed by atoms with E-state index >= 15 is 0 Å². The minimum atomic E-state index is -0.442. The molecule has 4 nitrogen and oxygen atoms in total. The number of carbonyl (C=O) groups is 1. The Morgan fingerprint density at radius 3 is 2.68 bits per heavy atom. The maximum Gasteiger partial charge on any atom is 0.344 e. The number of hydrogen-bond donors (Lipinski definition) is 0. The number of hydrogen-bond acceptors (Lipinski definition) is 4. The Bertz CT molecular complexity index is 580. The quantitative estimate of drug-likeness (QED) is 0.620. The fourth-order valence-corrected chi connectivity index (χ4v) is 2.14. The Morgan fingerprint density at radius 2 is 2.11 bits per heavy atom. The lowest BCUT2D eigenvalue weighted by Crippen LogP contribution is -2.07. The molecule has 0 amide bonds. The predicted molar refractivity (Wildman–Crippen MR) is 75.5 cm³/mol. The first-order valence-corrected chi connectivity index (χ1v) is 7.14. The molecule has 0 fully saturated rings. The molecule has 0 saturated heterocycles. The van der Waals surface area contributed by atoms with Crippen LogP contribution in [0, 0.1) is 0 Å². The van der Waals surface area contributed by atoms with Gasteiger partial charge < -0.3 is 9.26 Å². The Hall–Kier alpha value is -1.33. The van der Waals surface area contributed by atoms with Gasteiger partial charge in [-0.2, -0.15) is 0 Å². The Balaban J connectivity index is 2.48. The molecule has 1 aromatic carbocycles. The molecular formula is C13H11BrClNO3. The van der Waals surface area contributed by atoms with Crippen molar-refractivity contribution in [3.63, 3.8) is 0 Å². The van der Waals surface area contributed by atoms with Crippen LogP contribution in [0.3, 0.4) is 0 Å². The third-order valence-electron chi connectivity index (χ3n) is 2.48. The van der Waals surface area contributed by atoms with Gasteiger partial charge >= 0.3 is 5.97 Å². The van der Waals surface area contributed by atoms with Gasteiger partial charge in [0.25, 0.3) is 0 Å². The van der Waals surface area contributed by atoms with Gasteiger partial charge in [-0.25, -0.2) is 4.79 Å². The highest BCUT2D eigenvalue weighted by Crippen LogP contribution is 2.28. The number of carbonyl (C=O) groups excluding carboxylic acids is 1. The predicted octanol–water partition coefficient (Wildman–Crippen LogP) is 4.07. The first-order valence-electron chi connectivity index (χ1n) is 5.65. The summed E-state index contributed by atoms with van der Waals surface area (Å²) in [5.41, 5.74) is 1.56. The van der Waals surface area contributed by atoms with E-state index in [1.807, 2.05) is 0 Å². The summed E-state index contributed by atoms with van der Waals surface area (Å²) in [6.45, 7) is 2.05. The van der Waals surface area contributed by atoms with Gasteiger partial charge in [-0.3, -0.25) is 0 Å². The van der Waals surface area contributed by atoms with Gasteiger partial charge in [0, 0.05) is 10.6 Å². The summed E-state index contributed by atoms with van der Waals surface area (Å²) in [7, 11) is 0. The Morgan fingerprint density at radius 1 is 1.42 bits per heavy atom. The van der Waals surface area contributed by atoms with Crippen LogP contribution in [-0.4, -0.2) is 17.7 Å². The zero-order valence-electron chi connectivity index (χ0n) is 10.2. The van der Waals surface area contributed by atoms with E-state index in [1.54, 1.807) is 31.2 Å². The molecule has 0 aliphatic rings. The summed E-state index contributed by atoms with van der Waals surface area (Å²) in [5.74, 6) is 0.00606. The molecular weight excluding hydrogens is 334 g/mol. The fraction of sp³-hybridized carbons (Fsp3) is 0.231. The number of halogens is 2. The van der Waals surface area contributed by atoms with E-state index in [2.05, 4.69) is 21.1 Å². The highest BCUT2D eigenvalue weighted by molar-refractivity contribution is 9.08. The zero-order valence-corrected chi connectivity index (χ0v) is 12.5. The third-order valence-corrected chi connectivity index (χ3v) is 3.24. The van der Waals surface area contributed by atoms with Crippen LogP contribution in [-0.2, 0) is 10.1 Å². The van der Waals surface area contributed by atoms with E-state index in [9.17, 15) is 4.79 Å². The first-order chi connectivity index (χ1) is 9.17. The SMILES string of the molecule is CCOC(=O)c1c(-c2ccc(Cl)cc2)noc1CBr. The molecule has 1 aromatic heterocycles. The summed E-state index contributed by atoms with van der Waals surface area (Å²) in [5, 5.41) is 4.95. The van der Waals surface area contributed by atoms with Crippen molar-refractivity contribution in [3.05, 3.63) is 40.6 Å². The van der Waals surface area contributed by atoms with E-state index in [-0.39, 0.29) is 0 Å². The number of ether oxygens (including phenoxy) is 1. The van der Waals surface area contributed by atoms with Crippen molar-refractivity contribution in [3.8, 4) is 11.3 Å². The Labute approximate surface area is 123 Å². The van der Waals surface area contributed by atoms with Gasteiger partial charge in [-0.05, 0) is 19.1 Å². The van der Waals surface area contributed by atoms with Crippen molar-refractivity contribution in [1.82, 2.24) is 5.16 Å². The minimum Gasteiger partial charge on any atom is -0.462 e. The smallest absolute Gasteiger partial charge is 0.344 e. The number of benzene rings is 1. The summed E-state index contributed by atoms with van der Waals surface area (Å²) in [4.78, 5) is 12.0. The zero-order chi connectivity index (χ0) is 13.8. The normalized spacial score (nSPS) is 10.5. The van der Waals surface area contributed by atoms with Gasteiger partial charge in [0.05, 0.1) is 11.9 Å². The van der Waals surface area contributed by atoms with Crippen LogP contribution in [0.5, 0.6) is 0 Å². The van der Waals surface area contributed by atoms with Gasteiger partial charge in [0.15, 0.2) is 5.76 Å². The molecule has 0 saturated carbocycles. The lowest BCUT2D eigenvalue weighted by atomic mass is 10.1. The van der Waals surface area contributed by atoms with E-state index in [4.69, 9.17) is 20.9 Å². The van der Waals surface area contributed by atoms with Gasteiger partial charge in [-0.1, -0.05) is 44.8 Å². The third kappa shape index (κ3) is 2.98. The molecule has 0 bridgehead atoms. The molecule has 0 aliphatic carbocycles. The highest BCUT2D eigenvalue weighted by Gasteiger charge is 2.24. The van der Waals surface area contributed by atoms with E-state index in [1.165, 1.54) is 0 Å². The molecule has 2 aromatic rings. The van der Waals surface area contributed by atoms with Crippen LogP contribution in [0.2, 0.25) is 5.02 Å². The molecule has 0 atom stereocenters. The minimum absolute atomic E-state index is 0.297. The molecule has 0 aliphatic heterocycles. The van der Waals surface area contributed by atoms with Crippen LogP contribution in [0.15, 0.2) is 28.8 Å². The lowest BCUT2D eigenvalue weighted by Gasteiger charge is -2.03. The summed E-state index contributed by atoms with van der Waals surface area (Å²) >= 11 is 9.10. The van der Waals surface area contributed by atoms with Crippen molar-refractivity contribution in [2.75, 3.05) is 6.61 Å². The van der Waals surface area contributed by atoms with E-state index in [0.717, 1.165) is 5.56 Å². The van der Waals surface area contributed by atoms with Gasteiger partial charge in [-0.15, -0.1) is 0 Å². The molecule has 2 rings (SSSR count). The number of alkyl halides is 1. The van der Waals surface area contributed by atoms with Gasteiger partial charge in [0.2, 0.25) is 0 Å². The number of aromatic nitrogens is 1. The monoisotopic (exact) mass is 343 g/mol. The van der Waals surface area contributed by atoms with Crippen LogP contribution >= 0.6 is 27.5 Å². The molecule has 0 spiro atoms. The largest absolute Gasteiger partial charge is 0.462 e. The summed E-state index contributed by atoms with van der Waals surface area (Å²) in [6.07, 6.45) is 0. The number of rotatable bonds is 4.